The average Bonchev–Trinajstić information content (AvgIpc) is 2.92. The van der Waals surface area contributed by atoms with Gasteiger partial charge in [0.05, 0.1) is 13.7 Å². The van der Waals surface area contributed by atoms with Gasteiger partial charge in [0.25, 0.3) is 0 Å². The highest BCUT2D eigenvalue weighted by molar-refractivity contribution is 5.83. The Kier molecular flexibility index (Phi) is 3.62. The number of hydrogen-bond donors (Lipinski definition) is 1. The molecule has 0 saturated carbocycles. The van der Waals surface area contributed by atoms with Crippen molar-refractivity contribution in [2.45, 2.75) is 13.1 Å². The maximum absolute atomic E-state index is 14.1. The molecule has 0 atom stereocenters. The Balaban J connectivity index is 1.99. The highest BCUT2D eigenvalue weighted by Crippen LogP contribution is 2.23. The first-order valence-corrected chi connectivity index (χ1v) is 6.82. The summed E-state index contributed by atoms with van der Waals surface area (Å²) in [6.07, 6.45) is 1.97. The van der Waals surface area contributed by atoms with E-state index in [1.165, 1.54) is 13.2 Å². The van der Waals surface area contributed by atoms with Gasteiger partial charge in [-0.05, 0) is 23.8 Å². The molecule has 1 aromatic heterocycles. The van der Waals surface area contributed by atoms with E-state index in [0.29, 0.717) is 24.4 Å². The summed E-state index contributed by atoms with van der Waals surface area (Å²) in [5.74, 6) is 0.269. The van der Waals surface area contributed by atoms with Crippen LogP contribution in [0.25, 0.3) is 10.9 Å². The molecule has 2 N–H and O–H groups in total. The number of halogens is 1. The molecule has 0 spiro atoms. The molecule has 0 aliphatic rings. The summed E-state index contributed by atoms with van der Waals surface area (Å²) in [5.41, 5.74) is 8.54. The van der Waals surface area contributed by atoms with Crippen molar-refractivity contribution < 1.29 is 9.13 Å². The maximum atomic E-state index is 14.1. The van der Waals surface area contributed by atoms with Crippen molar-refractivity contribution in [3.05, 3.63) is 65.6 Å². The van der Waals surface area contributed by atoms with Crippen molar-refractivity contribution >= 4 is 10.9 Å². The number of fused-ring (bicyclic) bond motifs is 1. The minimum Gasteiger partial charge on any atom is -0.497 e. The van der Waals surface area contributed by atoms with E-state index in [1.54, 1.807) is 12.1 Å². The standard InChI is InChI=1S/C17H17FN2O/c1-21-14-6-5-13(16(18)9-14)11-20-8-7-15-12(10-19)3-2-4-17(15)20/h2-9H,10-11,19H2,1H3. The van der Waals surface area contributed by atoms with E-state index in [9.17, 15) is 4.39 Å². The second-order valence-corrected chi connectivity index (χ2v) is 4.96. The van der Waals surface area contributed by atoms with E-state index < -0.39 is 0 Å². The van der Waals surface area contributed by atoms with Crippen LogP contribution < -0.4 is 10.5 Å². The number of rotatable bonds is 4. The van der Waals surface area contributed by atoms with Crippen LogP contribution in [0, 0.1) is 5.82 Å². The molecule has 3 nitrogen and oxygen atoms in total. The smallest absolute Gasteiger partial charge is 0.131 e. The van der Waals surface area contributed by atoms with Crippen molar-refractivity contribution in [1.82, 2.24) is 4.57 Å². The minimum atomic E-state index is -0.258. The van der Waals surface area contributed by atoms with Crippen LogP contribution >= 0.6 is 0 Å². The fourth-order valence-electron chi connectivity index (χ4n) is 2.57. The summed E-state index contributed by atoms with van der Waals surface area (Å²) < 4.78 is 21.1. The Morgan fingerprint density at radius 3 is 2.71 bits per heavy atom. The molecule has 4 heteroatoms. The Labute approximate surface area is 122 Å². The molecule has 0 bridgehead atoms. The van der Waals surface area contributed by atoms with Crippen LogP contribution in [0.15, 0.2) is 48.7 Å². The topological polar surface area (TPSA) is 40.2 Å². The number of ether oxygens (including phenoxy) is 1. The number of benzene rings is 2. The van der Waals surface area contributed by atoms with Crippen molar-refractivity contribution in [3.63, 3.8) is 0 Å². The highest BCUT2D eigenvalue weighted by Gasteiger charge is 2.08. The second kappa shape index (κ2) is 5.58. The lowest BCUT2D eigenvalue weighted by molar-refractivity contribution is 0.410. The van der Waals surface area contributed by atoms with Gasteiger partial charge in [-0.25, -0.2) is 4.39 Å². The fourth-order valence-corrected chi connectivity index (χ4v) is 2.57. The van der Waals surface area contributed by atoms with E-state index >= 15 is 0 Å². The summed E-state index contributed by atoms with van der Waals surface area (Å²) in [5, 5.41) is 1.12. The Bertz CT molecular complexity index is 780. The third-order valence-corrected chi connectivity index (χ3v) is 3.72. The first kappa shape index (κ1) is 13.6. The number of nitrogens with zero attached hydrogens (tertiary/aromatic N) is 1. The van der Waals surface area contributed by atoms with Gasteiger partial charge in [-0.3, -0.25) is 0 Å². The van der Waals surface area contributed by atoms with Gasteiger partial charge in [0.1, 0.15) is 11.6 Å². The molecule has 21 heavy (non-hydrogen) atoms. The van der Waals surface area contributed by atoms with Crippen LogP contribution in [0.5, 0.6) is 5.75 Å². The predicted octanol–water partition coefficient (Wildman–Crippen LogP) is 3.30. The van der Waals surface area contributed by atoms with Crippen LogP contribution in [-0.4, -0.2) is 11.7 Å². The SMILES string of the molecule is COc1ccc(Cn2ccc3c(CN)cccc32)c(F)c1. The first-order valence-electron chi connectivity index (χ1n) is 6.82. The predicted molar refractivity (Wildman–Crippen MR) is 81.9 cm³/mol. The zero-order valence-electron chi connectivity index (χ0n) is 11.8. The number of methoxy groups -OCH3 is 1. The van der Waals surface area contributed by atoms with Gasteiger partial charge in [-0.2, -0.15) is 0 Å². The van der Waals surface area contributed by atoms with Gasteiger partial charge >= 0.3 is 0 Å². The molecule has 0 saturated heterocycles. The van der Waals surface area contributed by atoms with Gasteiger partial charge in [0, 0.05) is 35.3 Å². The molecule has 0 radical (unpaired) electrons. The van der Waals surface area contributed by atoms with Gasteiger partial charge in [0.15, 0.2) is 0 Å². The zero-order valence-corrected chi connectivity index (χ0v) is 11.8. The minimum absolute atomic E-state index is 0.258. The molecule has 108 valence electrons. The van der Waals surface area contributed by atoms with Crippen LogP contribution in [0.4, 0.5) is 4.39 Å². The lowest BCUT2D eigenvalue weighted by Crippen LogP contribution is -2.02. The Morgan fingerprint density at radius 1 is 1.14 bits per heavy atom. The zero-order chi connectivity index (χ0) is 14.8. The summed E-state index contributed by atoms with van der Waals surface area (Å²) in [4.78, 5) is 0. The molecule has 1 heterocycles. The van der Waals surface area contributed by atoms with Gasteiger partial charge in [0.2, 0.25) is 0 Å². The second-order valence-electron chi connectivity index (χ2n) is 4.96. The van der Waals surface area contributed by atoms with E-state index in [0.717, 1.165) is 16.5 Å². The van der Waals surface area contributed by atoms with Crippen LogP contribution in [0.2, 0.25) is 0 Å². The molecule has 0 aliphatic carbocycles. The van der Waals surface area contributed by atoms with E-state index in [4.69, 9.17) is 10.5 Å². The maximum Gasteiger partial charge on any atom is 0.131 e. The normalized spacial score (nSPS) is 11.0. The van der Waals surface area contributed by atoms with Crippen molar-refractivity contribution in [2.75, 3.05) is 7.11 Å². The van der Waals surface area contributed by atoms with Gasteiger partial charge in [-0.15, -0.1) is 0 Å². The van der Waals surface area contributed by atoms with E-state index in [1.807, 2.05) is 35.0 Å². The summed E-state index contributed by atoms with van der Waals surface area (Å²) >= 11 is 0. The Morgan fingerprint density at radius 2 is 2.00 bits per heavy atom. The summed E-state index contributed by atoms with van der Waals surface area (Å²) in [6.45, 7) is 0.978. The third-order valence-electron chi connectivity index (χ3n) is 3.72. The largest absolute Gasteiger partial charge is 0.497 e. The highest BCUT2D eigenvalue weighted by atomic mass is 19.1. The van der Waals surface area contributed by atoms with E-state index in [2.05, 4.69) is 0 Å². The fraction of sp³-hybridized carbons (Fsp3) is 0.176. The molecule has 3 aromatic rings. The molecule has 0 amide bonds. The molecular formula is C17H17FN2O. The van der Waals surface area contributed by atoms with Gasteiger partial charge < -0.3 is 15.0 Å². The van der Waals surface area contributed by atoms with Crippen LogP contribution in [-0.2, 0) is 13.1 Å². The van der Waals surface area contributed by atoms with Gasteiger partial charge in [-0.1, -0.05) is 18.2 Å². The summed E-state index contributed by atoms with van der Waals surface area (Å²) in [6, 6.07) is 13.0. The molecule has 0 aliphatic heterocycles. The van der Waals surface area contributed by atoms with Crippen LogP contribution in [0.1, 0.15) is 11.1 Å². The van der Waals surface area contributed by atoms with Crippen LogP contribution in [0.3, 0.4) is 0 Å². The Hall–Kier alpha value is -2.33. The van der Waals surface area contributed by atoms with E-state index in [-0.39, 0.29) is 5.82 Å². The number of nitrogens with two attached hydrogens (primary N) is 1. The lowest BCUT2D eigenvalue weighted by Gasteiger charge is -2.09. The summed E-state index contributed by atoms with van der Waals surface area (Å²) in [7, 11) is 1.53. The average molecular weight is 284 g/mol. The van der Waals surface area contributed by atoms with Crippen molar-refractivity contribution in [3.8, 4) is 5.75 Å². The number of hydrogen-bond acceptors (Lipinski definition) is 2. The monoisotopic (exact) mass is 284 g/mol. The first-order chi connectivity index (χ1) is 10.2. The third kappa shape index (κ3) is 2.50. The molecule has 0 fully saturated rings. The molecule has 2 aromatic carbocycles. The quantitative estimate of drug-likeness (QED) is 0.798. The van der Waals surface area contributed by atoms with Crippen molar-refractivity contribution in [2.24, 2.45) is 5.73 Å². The molecular weight excluding hydrogens is 267 g/mol. The molecule has 0 unspecified atom stereocenters. The molecule has 3 rings (SSSR count). The number of aromatic nitrogens is 1. The van der Waals surface area contributed by atoms with Crippen molar-refractivity contribution in [1.29, 1.82) is 0 Å². The lowest BCUT2D eigenvalue weighted by atomic mass is 10.1.